The first kappa shape index (κ1) is 31.2. The zero-order valence-corrected chi connectivity index (χ0v) is 28.2. The van der Waals surface area contributed by atoms with Crippen LogP contribution in [0.1, 0.15) is 22.6 Å². The minimum atomic E-state index is -0.721. The summed E-state index contributed by atoms with van der Waals surface area (Å²) in [6.45, 7) is 0. The number of para-hydroxylation sites is 3. The van der Waals surface area contributed by atoms with Gasteiger partial charge in [-0.25, -0.2) is 0 Å². The molecule has 52 heavy (non-hydrogen) atoms. The Bertz CT molecular complexity index is 2490. The lowest BCUT2D eigenvalue weighted by Gasteiger charge is -2.25. The van der Waals surface area contributed by atoms with E-state index in [4.69, 9.17) is 0 Å². The molecule has 0 spiro atoms. The van der Waals surface area contributed by atoms with Crippen molar-refractivity contribution in [1.29, 1.82) is 0 Å². The number of aromatic hydroxyl groups is 3. The molecule has 0 aromatic heterocycles. The van der Waals surface area contributed by atoms with E-state index in [1.54, 1.807) is 0 Å². The summed E-state index contributed by atoms with van der Waals surface area (Å²) < 4.78 is 0. The number of phenols is 3. The predicted molar refractivity (Wildman–Crippen MR) is 214 cm³/mol. The SMILES string of the molecule is Oc1c(-c2ccc3ccccc3c2)cccc1C(c1cccc(-c2ccc3ccccc3c2)c1O)c1cccc(-c2ccc3ccccc3c2)c1O. The molecule has 248 valence electrons. The van der Waals surface area contributed by atoms with Gasteiger partial charge in [-0.15, -0.1) is 0 Å². The Hall–Kier alpha value is -6.84. The lowest BCUT2D eigenvalue weighted by molar-refractivity contribution is 0.453. The Morgan fingerprint density at radius 1 is 0.269 bits per heavy atom. The molecule has 3 nitrogen and oxygen atoms in total. The van der Waals surface area contributed by atoms with E-state index in [0.29, 0.717) is 33.4 Å². The predicted octanol–water partition coefficient (Wildman–Crippen LogP) is 12.4. The van der Waals surface area contributed by atoms with Gasteiger partial charge < -0.3 is 15.3 Å². The second-order valence-corrected chi connectivity index (χ2v) is 13.3. The number of benzene rings is 9. The first-order valence-corrected chi connectivity index (χ1v) is 17.5. The van der Waals surface area contributed by atoms with Gasteiger partial charge in [-0.3, -0.25) is 0 Å². The van der Waals surface area contributed by atoms with E-state index in [9.17, 15) is 15.3 Å². The van der Waals surface area contributed by atoms with E-state index in [1.807, 2.05) is 109 Å². The van der Waals surface area contributed by atoms with Crippen LogP contribution in [0.4, 0.5) is 0 Å². The molecule has 9 rings (SSSR count). The van der Waals surface area contributed by atoms with Gasteiger partial charge in [0.05, 0.1) is 0 Å². The fourth-order valence-electron chi connectivity index (χ4n) is 7.65. The highest BCUT2D eigenvalue weighted by molar-refractivity contribution is 5.91. The number of hydrogen-bond acceptors (Lipinski definition) is 3. The monoisotopic (exact) mass is 670 g/mol. The minimum Gasteiger partial charge on any atom is -0.507 e. The van der Waals surface area contributed by atoms with Crippen LogP contribution in [0.2, 0.25) is 0 Å². The Balaban J connectivity index is 1.26. The molecule has 0 atom stereocenters. The molecule has 3 N–H and O–H groups in total. The zero-order chi connectivity index (χ0) is 35.2. The van der Waals surface area contributed by atoms with Crippen LogP contribution in [0.15, 0.2) is 182 Å². The van der Waals surface area contributed by atoms with Crippen LogP contribution in [0.25, 0.3) is 65.7 Å². The summed E-state index contributed by atoms with van der Waals surface area (Å²) in [4.78, 5) is 0. The number of phenolic OH excluding ortho intramolecular Hbond substituents is 3. The molecule has 0 aliphatic heterocycles. The Kier molecular flexibility index (Phi) is 7.67. The summed E-state index contributed by atoms with van der Waals surface area (Å²) in [7, 11) is 0. The summed E-state index contributed by atoms with van der Waals surface area (Å²) in [5, 5.41) is 43.3. The van der Waals surface area contributed by atoms with Gasteiger partial charge in [-0.05, 0) is 67.2 Å². The lowest BCUT2D eigenvalue weighted by Crippen LogP contribution is -2.06. The van der Waals surface area contributed by atoms with Gasteiger partial charge in [0.25, 0.3) is 0 Å². The van der Waals surface area contributed by atoms with Crippen LogP contribution < -0.4 is 0 Å². The maximum atomic E-state index is 12.2. The highest BCUT2D eigenvalue weighted by Crippen LogP contribution is 2.50. The van der Waals surface area contributed by atoms with E-state index < -0.39 is 5.92 Å². The highest BCUT2D eigenvalue weighted by atomic mass is 16.3. The number of hydrogen-bond donors (Lipinski definition) is 3. The average Bonchev–Trinajstić information content (AvgIpc) is 3.19. The van der Waals surface area contributed by atoms with Crippen LogP contribution in [-0.4, -0.2) is 15.3 Å². The summed E-state index contributed by atoms with van der Waals surface area (Å²) in [5.74, 6) is -0.447. The molecule has 0 aliphatic rings. The van der Waals surface area contributed by atoms with Crippen LogP contribution in [0.3, 0.4) is 0 Å². The Morgan fingerprint density at radius 2 is 0.558 bits per heavy atom. The first-order valence-electron chi connectivity index (χ1n) is 17.5. The Labute approximate surface area is 302 Å². The van der Waals surface area contributed by atoms with Crippen molar-refractivity contribution in [2.45, 2.75) is 5.92 Å². The largest absolute Gasteiger partial charge is 0.507 e. The van der Waals surface area contributed by atoms with Crippen molar-refractivity contribution >= 4 is 32.3 Å². The normalized spacial score (nSPS) is 11.5. The lowest BCUT2D eigenvalue weighted by atomic mass is 9.80. The molecule has 9 aromatic carbocycles. The van der Waals surface area contributed by atoms with E-state index in [0.717, 1.165) is 49.0 Å². The molecule has 3 heteroatoms. The molecular weight excluding hydrogens is 637 g/mol. The highest BCUT2D eigenvalue weighted by Gasteiger charge is 2.29. The number of rotatable bonds is 6. The molecule has 0 fully saturated rings. The van der Waals surface area contributed by atoms with Crippen molar-refractivity contribution in [2.24, 2.45) is 0 Å². The third kappa shape index (κ3) is 5.40. The van der Waals surface area contributed by atoms with E-state index in [2.05, 4.69) is 72.8 Å². The zero-order valence-electron chi connectivity index (χ0n) is 28.2. The third-order valence-corrected chi connectivity index (χ3v) is 10.3. The molecule has 9 aromatic rings. The van der Waals surface area contributed by atoms with E-state index >= 15 is 0 Å². The van der Waals surface area contributed by atoms with Crippen LogP contribution in [0.5, 0.6) is 17.2 Å². The average molecular weight is 671 g/mol. The van der Waals surface area contributed by atoms with Gasteiger partial charge in [0.15, 0.2) is 0 Å². The van der Waals surface area contributed by atoms with Gasteiger partial charge in [0.1, 0.15) is 17.2 Å². The molecule has 0 bridgehead atoms. The summed E-state index contributed by atoms with van der Waals surface area (Å²) in [6, 6.07) is 60.2. The standard InChI is InChI=1S/C49H34O3/c50-47-40(37-25-22-31-10-1-4-13-34(31)28-37)16-7-19-43(47)46(44-20-8-17-41(48(44)51)38-26-23-32-11-2-5-14-35(32)29-38)45-21-9-18-42(49(45)52)39-27-24-33-12-3-6-15-36(33)30-39/h1-30,46,50-52H. The summed E-state index contributed by atoms with van der Waals surface area (Å²) in [5.41, 5.74) is 6.35. The van der Waals surface area contributed by atoms with E-state index in [1.165, 1.54) is 0 Å². The fraction of sp³-hybridized carbons (Fsp3) is 0.0204. The van der Waals surface area contributed by atoms with Crippen molar-refractivity contribution in [3.63, 3.8) is 0 Å². The first-order chi connectivity index (χ1) is 25.5. The molecule has 0 saturated heterocycles. The van der Waals surface area contributed by atoms with Gasteiger partial charge in [-0.1, -0.05) is 164 Å². The Morgan fingerprint density at radius 3 is 0.865 bits per heavy atom. The maximum absolute atomic E-state index is 12.2. The smallest absolute Gasteiger partial charge is 0.127 e. The summed E-state index contributed by atoms with van der Waals surface area (Å²) in [6.07, 6.45) is 0. The molecule has 0 radical (unpaired) electrons. The second-order valence-electron chi connectivity index (χ2n) is 13.3. The molecule has 0 unspecified atom stereocenters. The molecular formula is C49H34O3. The second kappa shape index (κ2) is 12.8. The van der Waals surface area contributed by atoms with Crippen LogP contribution in [0, 0.1) is 0 Å². The van der Waals surface area contributed by atoms with Gasteiger partial charge in [0, 0.05) is 39.3 Å². The quantitative estimate of drug-likeness (QED) is 0.154. The molecule has 0 aliphatic carbocycles. The third-order valence-electron chi connectivity index (χ3n) is 10.3. The summed E-state index contributed by atoms with van der Waals surface area (Å²) >= 11 is 0. The van der Waals surface area contributed by atoms with Gasteiger partial charge in [0.2, 0.25) is 0 Å². The minimum absolute atomic E-state index is 0.0915. The maximum Gasteiger partial charge on any atom is 0.127 e. The fourth-order valence-corrected chi connectivity index (χ4v) is 7.65. The molecule has 0 heterocycles. The van der Waals surface area contributed by atoms with Crippen molar-refractivity contribution < 1.29 is 15.3 Å². The molecule has 0 saturated carbocycles. The van der Waals surface area contributed by atoms with Crippen molar-refractivity contribution in [3.8, 4) is 50.6 Å². The van der Waals surface area contributed by atoms with Crippen molar-refractivity contribution in [3.05, 3.63) is 199 Å². The topological polar surface area (TPSA) is 60.7 Å². The van der Waals surface area contributed by atoms with Gasteiger partial charge in [-0.2, -0.15) is 0 Å². The number of fused-ring (bicyclic) bond motifs is 3. The van der Waals surface area contributed by atoms with E-state index in [-0.39, 0.29) is 17.2 Å². The van der Waals surface area contributed by atoms with Crippen molar-refractivity contribution in [2.75, 3.05) is 0 Å². The molecule has 0 amide bonds. The van der Waals surface area contributed by atoms with Crippen molar-refractivity contribution in [1.82, 2.24) is 0 Å². The van der Waals surface area contributed by atoms with Crippen LogP contribution in [-0.2, 0) is 0 Å². The van der Waals surface area contributed by atoms with Crippen LogP contribution >= 0.6 is 0 Å². The van der Waals surface area contributed by atoms with Gasteiger partial charge >= 0.3 is 0 Å².